The molecular weight excluding hydrogens is 178 g/mol. The number of Topliss-reactive ketones (excluding diaryl/α,β-unsaturated/α-hetero) is 1. The van der Waals surface area contributed by atoms with Gasteiger partial charge in [-0.25, -0.2) is 4.98 Å². The Morgan fingerprint density at radius 2 is 2.36 bits per heavy atom. The largest absolute Gasteiger partial charge is 0.481 e. The van der Waals surface area contributed by atoms with E-state index in [4.69, 9.17) is 4.74 Å². The lowest BCUT2D eigenvalue weighted by Crippen LogP contribution is -2.00. The first-order valence-electron chi connectivity index (χ1n) is 4.77. The van der Waals surface area contributed by atoms with Gasteiger partial charge in [-0.1, -0.05) is 13.0 Å². The van der Waals surface area contributed by atoms with E-state index in [9.17, 15) is 4.79 Å². The molecule has 0 aromatic carbocycles. The molecule has 0 aliphatic heterocycles. The van der Waals surface area contributed by atoms with E-state index in [1.54, 1.807) is 13.3 Å². The smallest absolute Gasteiger partial charge is 0.216 e. The van der Waals surface area contributed by atoms with E-state index in [2.05, 4.69) is 4.98 Å². The molecule has 0 amide bonds. The molecule has 0 saturated heterocycles. The number of hydrogen-bond donors (Lipinski definition) is 0. The zero-order valence-electron chi connectivity index (χ0n) is 8.62. The number of carbonyl (C=O) groups excluding carboxylic acids is 1. The van der Waals surface area contributed by atoms with E-state index in [1.165, 1.54) is 0 Å². The van der Waals surface area contributed by atoms with Crippen molar-refractivity contribution in [3.8, 4) is 5.88 Å². The van der Waals surface area contributed by atoms with Crippen molar-refractivity contribution in [2.45, 2.75) is 26.2 Å². The van der Waals surface area contributed by atoms with Gasteiger partial charge in [0.2, 0.25) is 5.88 Å². The third-order valence-electron chi connectivity index (χ3n) is 2.11. The Morgan fingerprint density at radius 1 is 1.57 bits per heavy atom. The Labute approximate surface area is 84.1 Å². The normalized spacial score (nSPS) is 9.86. The summed E-state index contributed by atoms with van der Waals surface area (Å²) in [6.45, 7) is 1.88. The van der Waals surface area contributed by atoms with E-state index in [1.807, 2.05) is 19.1 Å². The van der Waals surface area contributed by atoms with Gasteiger partial charge in [0.05, 0.1) is 7.11 Å². The first-order valence-corrected chi connectivity index (χ1v) is 4.77. The first-order chi connectivity index (χ1) is 6.77. The molecule has 1 aromatic rings. The van der Waals surface area contributed by atoms with Gasteiger partial charge in [0.15, 0.2) is 0 Å². The van der Waals surface area contributed by atoms with Crippen LogP contribution in [0.4, 0.5) is 0 Å². The SMILES string of the molecule is CCC(=O)CCc1cccnc1OC. The second kappa shape index (κ2) is 5.37. The highest BCUT2D eigenvalue weighted by Crippen LogP contribution is 2.15. The monoisotopic (exact) mass is 193 g/mol. The third-order valence-corrected chi connectivity index (χ3v) is 2.11. The van der Waals surface area contributed by atoms with Crippen LogP contribution in [-0.2, 0) is 11.2 Å². The van der Waals surface area contributed by atoms with Crippen molar-refractivity contribution in [3.05, 3.63) is 23.9 Å². The zero-order valence-corrected chi connectivity index (χ0v) is 8.62. The molecule has 0 bridgehead atoms. The summed E-state index contributed by atoms with van der Waals surface area (Å²) in [5.74, 6) is 0.896. The fourth-order valence-corrected chi connectivity index (χ4v) is 1.25. The quantitative estimate of drug-likeness (QED) is 0.718. The second-order valence-corrected chi connectivity index (χ2v) is 3.06. The van der Waals surface area contributed by atoms with E-state index >= 15 is 0 Å². The molecule has 0 N–H and O–H groups in total. The molecule has 1 heterocycles. The molecule has 0 fully saturated rings. The van der Waals surface area contributed by atoms with Crippen LogP contribution in [0.5, 0.6) is 5.88 Å². The molecule has 14 heavy (non-hydrogen) atoms. The highest BCUT2D eigenvalue weighted by atomic mass is 16.5. The highest BCUT2D eigenvalue weighted by Gasteiger charge is 2.05. The molecule has 0 atom stereocenters. The van der Waals surface area contributed by atoms with Crippen LogP contribution in [0, 0.1) is 0 Å². The molecule has 76 valence electrons. The van der Waals surface area contributed by atoms with Gasteiger partial charge in [-0.3, -0.25) is 4.79 Å². The van der Waals surface area contributed by atoms with E-state index in [0.717, 1.165) is 5.56 Å². The van der Waals surface area contributed by atoms with Crippen LogP contribution in [0.2, 0.25) is 0 Å². The molecule has 3 nitrogen and oxygen atoms in total. The number of hydrogen-bond acceptors (Lipinski definition) is 3. The topological polar surface area (TPSA) is 39.2 Å². The van der Waals surface area contributed by atoms with Crippen LogP contribution in [0.25, 0.3) is 0 Å². The van der Waals surface area contributed by atoms with Gasteiger partial charge < -0.3 is 4.74 Å². The van der Waals surface area contributed by atoms with Crippen LogP contribution in [0.15, 0.2) is 18.3 Å². The number of aryl methyl sites for hydroxylation is 1. The summed E-state index contributed by atoms with van der Waals surface area (Å²) in [5, 5.41) is 0. The molecule has 0 radical (unpaired) electrons. The lowest BCUT2D eigenvalue weighted by molar-refractivity contribution is -0.118. The maximum Gasteiger partial charge on any atom is 0.216 e. The predicted octanol–water partition coefficient (Wildman–Crippen LogP) is 2.00. The fraction of sp³-hybridized carbons (Fsp3) is 0.455. The molecule has 0 saturated carbocycles. The van der Waals surface area contributed by atoms with Crippen molar-refractivity contribution in [2.24, 2.45) is 0 Å². The third kappa shape index (κ3) is 2.83. The molecule has 1 aromatic heterocycles. The van der Waals surface area contributed by atoms with Crippen molar-refractivity contribution in [3.63, 3.8) is 0 Å². The van der Waals surface area contributed by atoms with Crippen molar-refractivity contribution in [1.29, 1.82) is 0 Å². The van der Waals surface area contributed by atoms with Crippen LogP contribution < -0.4 is 4.74 Å². The number of ether oxygens (including phenoxy) is 1. The maximum absolute atomic E-state index is 11.1. The summed E-state index contributed by atoms with van der Waals surface area (Å²) in [6, 6.07) is 3.79. The average molecular weight is 193 g/mol. The molecule has 0 unspecified atom stereocenters. The molecule has 0 aliphatic carbocycles. The van der Waals surface area contributed by atoms with Crippen molar-refractivity contribution < 1.29 is 9.53 Å². The van der Waals surface area contributed by atoms with Gasteiger partial charge >= 0.3 is 0 Å². The van der Waals surface area contributed by atoms with Crippen LogP contribution in [-0.4, -0.2) is 17.9 Å². The van der Waals surface area contributed by atoms with Gasteiger partial charge in [-0.15, -0.1) is 0 Å². The molecule has 0 spiro atoms. The van der Waals surface area contributed by atoms with E-state index in [-0.39, 0.29) is 5.78 Å². The Balaban J connectivity index is 2.61. The number of pyridine rings is 1. The lowest BCUT2D eigenvalue weighted by atomic mass is 10.1. The van der Waals surface area contributed by atoms with Gasteiger partial charge in [0, 0.05) is 24.6 Å². The van der Waals surface area contributed by atoms with E-state index in [0.29, 0.717) is 25.1 Å². The summed E-state index contributed by atoms with van der Waals surface area (Å²) >= 11 is 0. The number of ketones is 1. The second-order valence-electron chi connectivity index (χ2n) is 3.06. The maximum atomic E-state index is 11.1. The Morgan fingerprint density at radius 3 is 3.00 bits per heavy atom. The number of methoxy groups -OCH3 is 1. The molecule has 1 rings (SSSR count). The minimum Gasteiger partial charge on any atom is -0.481 e. The van der Waals surface area contributed by atoms with Gasteiger partial charge in [-0.05, 0) is 12.5 Å². The number of aromatic nitrogens is 1. The van der Waals surface area contributed by atoms with Crippen LogP contribution >= 0.6 is 0 Å². The Hall–Kier alpha value is -1.38. The van der Waals surface area contributed by atoms with Crippen LogP contribution in [0.3, 0.4) is 0 Å². The summed E-state index contributed by atoms with van der Waals surface area (Å²) in [4.78, 5) is 15.2. The minimum absolute atomic E-state index is 0.274. The summed E-state index contributed by atoms with van der Waals surface area (Å²) < 4.78 is 5.09. The zero-order chi connectivity index (χ0) is 10.4. The number of rotatable bonds is 5. The molecular formula is C11H15NO2. The lowest BCUT2D eigenvalue weighted by Gasteiger charge is -2.05. The summed E-state index contributed by atoms with van der Waals surface area (Å²) in [5.41, 5.74) is 0.997. The molecule has 0 aliphatic rings. The van der Waals surface area contributed by atoms with Gasteiger partial charge in [-0.2, -0.15) is 0 Å². The summed E-state index contributed by atoms with van der Waals surface area (Å²) in [7, 11) is 1.59. The minimum atomic E-state index is 0.274. The average Bonchev–Trinajstić information content (AvgIpc) is 2.26. The van der Waals surface area contributed by atoms with Gasteiger partial charge in [0.1, 0.15) is 5.78 Å². The van der Waals surface area contributed by atoms with Crippen molar-refractivity contribution >= 4 is 5.78 Å². The van der Waals surface area contributed by atoms with Crippen LogP contribution in [0.1, 0.15) is 25.3 Å². The predicted molar refractivity (Wildman–Crippen MR) is 54.4 cm³/mol. The van der Waals surface area contributed by atoms with Gasteiger partial charge in [0.25, 0.3) is 0 Å². The van der Waals surface area contributed by atoms with E-state index < -0.39 is 0 Å². The molecule has 3 heteroatoms. The van der Waals surface area contributed by atoms with Crippen molar-refractivity contribution in [1.82, 2.24) is 4.98 Å². The fourth-order valence-electron chi connectivity index (χ4n) is 1.25. The number of nitrogens with zero attached hydrogens (tertiary/aromatic N) is 1. The standard InChI is InChI=1S/C11H15NO2/c1-3-10(13)7-6-9-5-4-8-12-11(9)14-2/h4-5,8H,3,6-7H2,1-2H3. The first kappa shape index (κ1) is 10.7. The van der Waals surface area contributed by atoms with Crippen molar-refractivity contribution in [2.75, 3.05) is 7.11 Å². The highest BCUT2D eigenvalue weighted by molar-refractivity contribution is 5.78. The Kier molecular flexibility index (Phi) is 4.11. The number of carbonyl (C=O) groups is 1. The summed E-state index contributed by atoms with van der Waals surface area (Å²) in [6.07, 6.45) is 3.56. The Bertz CT molecular complexity index is 310.